The van der Waals surface area contributed by atoms with Gasteiger partial charge < -0.3 is 9.47 Å². The maximum Gasteiger partial charge on any atom is 0.160 e. The molecule has 0 saturated carbocycles. The van der Waals surface area contributed by atoms with Gasteiger partial charge in [0.15, 0.2) is 5.17 Å². The molecular formula is C22H22N4S. The number of aliphatic imine (C=N–C) groups is 1. The molecule has 2 aliphatic rings. The number of aromatic nitrogens is 2. The predicted molar refractivity (Wildman–Crippen MR) is 111 cm³/mol. The average Bonchev–Trinajstić information content (AvgIpc) is 3.37. The quantitative estimate of drug-likeness (QED) is 0.662. The summed E-state index contributed by atoms with van der Waals surface area (Å²) in [5, 5.41) is 1.72. The molecule has 0 radical (unpaired) electrons. The van der Waals surface area contributed by atoms with Gasteiger partial charge in [0.05, 0.1) is 11.7 Å². The van der Waals surface area contributed by atoms with E-state index in [9.17, 15) is 0 Å². The second kappa shape index (κ2) is 6.57. The third-order valence-corrected chi connectivity index (χ3v) is 6.38. The summed E-state index contributed by atoms with van der Waals surface area (Å²) >= 11 is 1.88. The first kappa shape index (κ1) is 16.6. The van der Waals surface area contributed by atoms with Gasteiger partial charge >= 0.3 is 0 Å². The van der Waals surface area contributed by atoms with E-state index in [0.717, 1.165) is 17.4 Å². The molecule has 0 aliphatic carbocycles. The Balaban J connectivity index is 1.60. The summed E-state index contributed by atoms with van der Waals surface area (Å²) in [4.78, 5) is 12.2. The molecule has 5 rings (SSSR count). The van der Waals surface area contributed by atoms with Crippen LogP contribution in [0.1, 0.15) is 36.0 Å². The van der Waals surface area contributed by atoms with Crippen LogP contribution in [0.5, 0.6) is 0 Å². The maximum absolute atomic E-state index is 5.09. The molecule has 4 heterocycles. The first-order valence-corrected chi connectivity index (χ1v) is 10.2. The van der Waals surface area contributed by atoms with Crippen molar-refractivity contribution in [3.8, 4) is 5.69 Å². The molecule has 1 aromatic carbocycles. The van der Waals surface area contributed by atoms with E-state index in [-0.39, 0.29) is 12.1 Å². The van der Waals surface area contributed by atoms with Gasteiger partial charge in [0.1, 0.15) is 6.04 Å². The van der Waals surface area contributed by atoms with Gasteiger partial charge in [-0.15, -0.1) is 0 Å². The molecule has 2 aromatic heterocycles. The summed E-state index contributed by atoms with van der Waals surface area (Å²) in [6, 6.07) is 19.4. The van der Waals surface area contributed by atoms with Crippen molar-refractivity contribution >= 4 is 16.9 Å². The zero-order chi connectivity index (χ0) is 18.4. The minimum Gasteiger partial charge on any atom is -0.339 e. The smallest absolute Gasteiger partial charge is 0.160 e. The van der Waals surface area contributed by atoms with E-state index in [1.807, 2.05) is 24.0 Å². The highest BCUT2D eigenvalue weighted by Crippen LogP contribution is 2.47. The minimum atomic E-state index is 0.0281. The van der Waals surface area contributed by atoms with Crippen LogP contribution < -0.4 is 0 Å². The van der Waals surface area contributed by atoms with Crippen molar-refractivity contribution < 1.29 is 0 Å². The monoisotopic (exact) mass is 374 g/mol. The van der Waals surface area contributed by atoms with Crippen LogP contribution in [-0.2, 0) is 0 Å². The van der Waals surface area contributed by atoms with E-state index in [2.05, 4.69) is 83.0 Å². The first-order chi connectivity index (χ1) is 13.2. The zero-order valence-corrected chi connectivity index (χ0v) is 16.3. The summed E-state index contributed by atoms with van der Waals surface area (Å²) in [5.41, 5.74) is 4.76. The van der Waals surface area contributed by atoms with Crippen molar-refractivity contribution in [2.75, 3.05) is 6.54 Å². The van der Waals surface area contributed by atoms with Crippen LogP contribution in [0.25, 0.3) is 5.69 Å². The van der Waals surface area contributed by atoms with E-state index in [4.69, 9.17) is 4.99 Å². The van der Waals surface area contributed by atoms with Crippen molar-refractivity contribution in [2.24, 2.45) is 4.99 Å². The lowest BCUT2D eigenvalue weighted by Gasteiger charge is -2.28. The van der Waals surface area contributed by atoms with Crippen LogP contribution in [-0.4, -0.2) is 31.4 Å². The summed E-state index contributed by atoms with van der Waals surface area (Å²) in [6.45, 7) is 5.42. The van der Waals surface area contributed by atoms with Crippen molar-refractivity contribution in [3.05, 3.63) is 83.9 Å². The Kier molecular flexibility index (Phi) is 4.05. The highest BCUT2D eigenvalue weighted by molar-refractivity contribution is 8.14. The fraction of sp³-hybridized carbons (Fsp3) is 0.273. The lowest BCUT2D eigenvalue weighted by Crippen LogP contribution is -2.30. The van der Waals surface area contributed by atoms with Crippen LogP contribution in [0.2, 0.25) is 0 Å². The Hall–Kier alpha value is -2.53. The number of pyridine rings is 1. The highest BCUT2D eigenvalue weighted by Gasteiger charge is 2.44. The maximum atomic E-state index is 5.09. The summed E-state index contributed by atoms with van der Waals surface area (Å²) < 4.78 is 2.30. The largest absolute Gasteiger partial charge is 0.339 e. The highest BCUT2D eigenvalue weighted by atomic mass is 32.2. The standard InChI is InChI=1S/C22H22N4S/c1-15-8-10-17(11-9-15)25-13-5-7-19(25)21-20(18-6-3-4-12-23-18)24-22-26(21)14-16(2)27-22/h3-13,16,20-21H,14H2,1-2H3. The Labute approximate surface area is 164 Å². The number of thioether (sulfide) groups is 1. The number of amidine groups is 1. The number of nitrogens with zero attached hydrogens (tertiary/aromatic N) is 4. The topological polar surface area (TPSA) is 33.4 Å². The summed E-state index contributed by atoms with van der Waals surface area (Å²) in [5.74, 6) is 0. The molecule has 5 heteroatoms. The Morgan fingerprint density at radius 1 is 1.04 bits per heavy atom. The van der Waals surface area contributed by atoms with Crippen molar-refractivity contribution in [1.29, 1.82) is 0 Å². The van der Waals surface area contributed by atoms with Gasteiger partial charge in [0.25, 0.3) is 0 Å². The van der Waals surface area contributed by atoms with Gasteiger partial charge in [-0.1, -0.05) is 42.4 Å². The van der Waals surface area contributed by atoms with Crippen LogP contribution in [0.3, 0.4) is 0 Å². The molecule has 2 aliphatic heterocycles. The predicted octanol–water partition coefficient (Wildman–Crippen LogP) is 4.77. The molecule has 27 heavy (non-hydrogen) atoms. The van der Waals surface area contributed by atoms with Gasteiger partial charge in [-0.2, -0.15) is 0 Å². The van der Waals surface area contributed by atoms with Crippen LogP contribution in [0.15, 0.2) is 72.0 Å². The number of hydrogen-bond donors (Lipinski definition) is 0. The van der Waals surface area contributed by atoms with Crippen molar-refractivity contribution in [1.82, 2.24) is 14.5 Å². The fourth-order valence-corrected chi connectivity index (χ4v) is 5.11. The second-order valence-corrected chi connectivity index (χ2v) is 8.68. The third-order valence-electron chi connectivity index (χ3n) is 5.28. The van der Waals surface area contributed by atoms with Gasteiger partial charge in [-0.3, -0.25) is 9.98 Å². The molecule has 0 N–H and O–H groups in total. The van der Waals surface area contributed by atoms with E-state index >= 15 is 0 Å². The zero-order valence-electron chi connectivity index (χ0n) is 15.5. The van der Waals surface area contributed by atoms with Crippen LogP contribution >= 0.6 is 11.8 Å². The molecule has 1 fully saturated rings. The molecule has 3 aromatic rings. The SMILES string of the molecule is Cc1ccc(-n2cccc2C2C(c3ccccn3)N=C3SC(C)CN32)cc1. The Bertz CT molecular complexity index is 977. The van der Waals surface area contributed by atoms with E-state index in [0.29, 0.717) is 5.25 Å². The van der Waals surface area contributed by atoms with Gasteiger partial charge in [-0.05, 0) is 43.3 Å². The number of hydrogen-bond acceptors (Lipinski definition) is 4. The lowest BCUT2D eigenvalue weighted by atomic mass is 10.0. The number of aryl methyl sites for hydroxylation is 1. The molecule has 0 amide bonds. The summed E-state index contributed by atoms with van der Waals surface area (Å²) in [6.07, 6.45) is 4.02. The number of rotatable bonds is 3. The molecule has 3 atom stereocenters. The fourth-order valence-electron chi connectivity index (χ4n) is 4.01. The van der Waals surface area contributed by atoms with Crippen LogP contribution in [0, 0.1) is 6.92 Å². The van der Waals surface area contributed by atoms with E-state index in [1.165, 1.54) is 16.9 Å². The molecule has 0 bridgehead atoms. The minimum absolute atomic E-state index is 0.0281. The molecule has 0 spiro atoms. The van der Waals surface area contributed by atoms with Gasteiger partial charge in [0, 0.05) is 35.6 Å². The van der Waals surface area contributed by atoms with Crippen LogP contribution in [0.4, 0.5) is 0 Å². The molecule has 136 valence electrons. The molecule has 4 nitrogen and oxygen atoms in total. The molecule has 1 saturated heterocycles. The van der Waals surface area contributed by atoms with Gasteiger partial charge in [0.2, 0.25) is 0 Å². The average molecular weight is 375 g/mol. The molecule has 3 unspecified atom stereocenters. The van der Waals surface area contributed by atoms with Crippen molar-refractivity contribution in [3.63, 3.8) is 0 Å². The van der Waals surface area contributed by atoms with E-state index < -0.39 is 0 Å². The number of fused-ring (bicyclic) bond motifs is 1. The van der Waals surface area contributed by atoms with E-state index in [1.54, 1.807) is 0 Å². The van der Waals surface area contributed by atoms with Crippen molar-refractivity contribution in [2.45, 2.75) is 31.2 Å². The Morgan fingerprint density at radius 3 is 2.67 bits per heavy atom. The van der Waals surface area contributed by atoms with Gasteiger partial charge in [-0.25, -0.2) is 0 Å². The lowest BCUT2D eigenvalue weighted by molar-refractivity contribution is 0.312. The summed E-state index contributed by atoms with van der Waals surface area (Å²) in [7, 11) is 0. The third kappa shape index (κ3) is 2.86. The first-order valence-electron chi connectivity index (χ1n) is 9.37. The Morgan fingerprint density at radius 2 is 1.89 bits per heavy atom. The normalized spacial score (nSPS) is 24.1. The second-order valence-electron chi connectivity index (χ2n) is 7.28. The number of benzene rings is 1. The molecular weight excluding hydrogens is 352 g/mol.